The van der Waals surface area contributed by atoms with Gasteiger partial charge in [-0.3, -0.25) is 9.59 Å². The first-order chi connectivity index (χ1) is 9.61. The largest absolute Gasteiger partial charge is 0.495 e. The number of ketones is 1. The normalized spacial score (nSPS) is 10.1. The van der Waals surface area contributed by atoms with E-state index in [1.54, 1.807) is 24.3 Å². The van der Waals surface area contributed by atoms with Gasteiger partial charge < -0.3 is 14.5 Å². The summed E-state index contributed by atoms with van der Waals surface area (Å²) in [5.41, 5.74) is 0.360. The molecule has 0 unspecified atom stereocenters. The molecule has 0 bridgehead atoms. The van der Waals surface area contributed by atoms with Crippen molar-refractivity contribution < 1.29 is 18.7 Å². The van der Waals surface area contributed by atoms with Gasteiger partial charge in [-0.25, -0.2) is 0 Å². The van der Waals surface area contributed by atoms with Crippen molar-refractivity contribution in [2.45, 2.75) is 0 Å². The van der Waals surface area contributed by atoms with Crippen molar-refractivity contribution in [1.82, 2.24) is 5.32 Å². The van der Waals surface area contributed by atoms with E-state index in [1.165, 1.54) is 19.4 Å². The first kappa shape index (κ1) is 14.1. The molecule has 1 amide bonds. The third-order valence-corrected chi connectivity index (χ3v) is 2.93. The quantitative estimate of drug-likeness (QED) is 0.860. The van der Waals surface area contributed by atoms with Crippen LogP contribution in [0.15, 0.2) is 41.0 Å². The van der Waals surface area contributed by atoms with Crippen molar-refractivity contribution in [3.05, 3.63) is 52.9 Å². The highest BCUT2D eigenvalue weighted by molar-refractivity contribution is 6.32. The van der Waals surface area contributed by atoms with Crippen LogP contribution in [0.4, 0.5) is 0 Å². The van der Waals surface area contributed by atoms with Crippen LogP contribution in [0, 0.1) is 0 Å². The van der Waals surface area contributed by atoms with Crippen LogP contribution in [0.3, 0.4) is 0 Å². The average Bonchev–Trinajstić information content (AvgIpc) is 2.99. The fourth-order valence-corrected chi connectivity index (χ4v) is 1.78. The summed E-state index contributed by atoms with van der Waals surface area (Å²) in [6.07, 6.45) is 1.40. The molecule has 20 heavy (non-hydrogen) atoms. The molecule has 2 rings (SSSR count). The predicted molar refractivity (Wildman–Crippen MR) is 73.4 cm³/mol. The number of hydrogen-bond acceptors (Lipinski definition) is 4. The van der Waals surface area contributed by atoms with Crippen molar-refractivity contribution in [3.63, 3.8) is 0 Å². The lowest BCUT2D eigenvalue weighted by Crippen LogP contribution is -2.29. The maximum atomic E-state index is 11.9. The van der Waals surface area contributed by atoms with Crippen LogP contribution < -0.4 is 10.1 Å². The molecule has 0 atom stereocenters. The summed E-state index contributed by atoms with van der Waals surface area (Å²) in [7, 11) is 1.46. The van der Waals surface area contributed by atoms with Crippen molar-refractivity contribution in [1.29, 1.82) is 0 Å². The van der Waals surface area contributed by atoms with E-state index in [4.69, 9.17) is 20.8 Å². The lowest BCUT2D eigenvalue weighted by molar-refractivity contribution is 0.0892. The van der Waals surface area contributed by atoms with Gasteiger partial charge in [-0.2, -0.15) is 0 Å². The molecule has 0 aliphatic rings. The molecule has 0 radical (unpaired) electrons. The van der Waals surface area contributed by atoms with Crippen LogP contribution in [0.1, 0.15) is 20.9 Å². The van der Waals surface area contributed by atoms with E-state index in [0.717, 1.165) is 0 Å². The molecule has 5 nitrogen and oxygen atoms in total. The maximum Gasteiger partial charge on any atom is 0.251 e. The van der Waals surface area contributed by atoms with Gasteiger partial charge in [-0.1, -0.05) is 11.6 Å². The van der Waals surface area contributed by atoms with Gasteiger partial charge in [0.05, 0.1) is 24.9 Å². The Hall–Kier alpha value is -2.27. The number of nitrogens with one attached hydrogen (secondary N) is 1. The Morgan fingerprint density at radius 2 is 2.15 bits per heavy atom. The Balaban J connectivity index is 2.00. The topological polar surface area (TPSA) is 68.5 Å². The highest BCUT2D eigenvalue weighted by Gasteiger charge is 2.13. The molecule has 1 heterocycles. The zero-order valence-corrected chi connectivity index (χ0v) is 11.4. The zero-order chi connectivity index (χ0) is 14.5. The second kappa shape index (κ2) is 6.25. The molecule has 1 aromatic carbocycles. The first-order valence-electron chi connectivity index (χ1n) is 5.80. The minimum Gasteiger partial charge on any atom is -0.495 e. The highest BCUT2D eigenvalue weighted by atomic mass is 35.5. The van der Waals surface area contributed by atoms with Gasteiger partial charge in [-0.15, -0.1) is 0 Å². The second-order valence-electron chi connectivity index (χ2n) is 3.93. The third-order valence-electron chi connectivity index (χ3n) is 2.62. The number of amides is 1. The summed E-state index contributed by atoms with van der Waals surface area (Å²) in [4.78, 5) is 23.6. The van der Waals surface area contributed by atoms with Crippen LogP contribution >= 0.6 is 11.6 Å². The number of benzene rings is 1. The average molecular weight is 294 g/mol. The van der Waals surface area contributed by atoms with E-state index in [2.05, 4.69) is 5.32 Å². The van der Waals surface area contributed by atoms with E-state index >= 15 is 0 Å². The Morgan fingerprint density at radius 1 is 1.35 bits per heavy atom. The number of furan rings is 1. The SMILES string of the molecule is COc1cc(C(=O)NCC(=O)c2ccco2)ccc1Cl. The van der Waals surface area contributed by atoms with Crippen molar-refractivity contribution in [2.75, 3.05) is 13.7 Å². The fourth-order valence-electron chi connectivity index (χ4n) is 1.59. The predicted octanol–water partition coefficient (Wildman–Crippen LogP) is 2.55. The van der Waals surface area contributed by atoms with Crippen molar-refractivity contribution >= 4 is 23.3 Å². The van der Waals surface area contributed by atoms with Gasteiger partial charge >= 0.3 is 0 Å². The molecular formula is C14H12ClNO4. The van der Waals surface area contributed by atoms with Crippen LogP contribution in [0.5, 0.6) is 5.75 Å². The molecule has 104 valence electrons. The Bertz CT molecular complexity index is 622. The van der Waals surface area contributed by atoms with Gasteiger partial charge in [0, 0.05) is 5.56 Å². The molecule has 1 N–H and O–H groups in total. The molecule has 0 aliphatic heterocycles. The number of ether oxygens (including phenoxy) is 1. The lowest BCUT2D eigenvalue weighted by Gasteiger charge is -2.07. The van der Waals surface area contributed by atoms with E-state index < -0.39 is 0 Å². The monoisotopic (exact) mass is 293 g/mol. The van der Waals surface area contributed by atoms with Crippen LogP contribution in [0.25, 0.3) is 0 Å². The van der Waals surface area contributed by atoms with Crippen LogP contribution in [-0.2, 0) is 0 Å². The molecule has 0 saturated carbocycles. The number of rotatable bonds is 5. The summed E-state index contributed by atoms with van der Waals surface area (Å²) >= 11 is 5.87. The Kier molecular flexibility index (Phi) is 4.42. The van der Waals surface area contributed by atoms with Crippen molar-refractivity contribution in [3.8, 4) is 5.75 Å². The first-order valence-corrected chi connectivity index (χ1v) is 6.18. The number of halogens is 1. The summed E-state index contributed by atoms with van der Waals surface area (Å²) in [5.74, 6) is -0.0835. The van der Waals surface area contributed by atoms with Gasteiger partial charge in [0.1, 0.15) is 5.75 Å². The number of carbonyl (C=O) groups excluding carboxylic acids is 2. The Labute approximate surface area is 120 Å². The highest BCUT2D eigenvalue weighted by Crippen LogP contribution is 2.24. The molecule has 0 aliphatic carbocycles. The van der Waals surface area contributed by atoms with E-state index in [-0.39, 0.29) is 24.0 Å². The summed E-state index contributed by atoms with van der Waals surface area (Å²) in [6.45, 7) is -0.142. The van der Waals surface area contributed by atoms with Gasteiger partial charge in [0.2, 0.25) is 5.78 Å². The molecule has 0 spiro atoms. The smallest absolute Gasteiger partial charge is 0.251 e. The minimum absolute atomic E-state index is 0.142. The standard InChI is InChI=1S/C14H12ClNO4/c1-19-13-7-9(4-5-10(13)15)14(18)16-8-11(17)12-3-2-6-20-12/h2-7H,8H2,1H3,(H,16,18). The van der Waals surface area contributed by atoms with E-state index in [0.29, 0.717) is 16.3 Å². The molecule has 6 heteroatoms. The summed E-state index contributed by atoms with van der Waals surface area (Å²) in [6, 6.07) is 7.77. The number of hydrogen-bond donors (Lipinski definition) is 1. The molecule has 0 saturated heterocycles. The number of carbonyl (C=O) groups is 2. The van der Waals surface area contributed by atoms with E-state index in [1.807, 2.05) is 0 Å². The number of Topliss-reactive ketones (excluding diaryl/α,β-unsaturated/α-hetero) is 1. The number of methoxy groups -OCH3 is 1. The maximum absolute atomic E-state index is 11.9. The lowest BCUT2D eigenvalue weighted by atomic mass is 10.2. The van der Waals surface area contributed by atoms with Gasteiger partial charge in [0.15, 0.2) is 5.76 Å². The Morgan fingerprint density at radius 3 is 2.80 bits per heavy atom. The van der Waals surface area contributed by atoms with Crippen LogP contribution in [0.2, 0.25) is 5.02 Å². The van der Waals surface area contributed by atoms with Gasteiger partial charge in [-0.05, 0) is 30.3 Å². The summed E-state index contributed by atoms with van der Waals surface area (Å²) in [5, 5.41) is 2.92. The second-order valence-corrected chi connectivity index (χ2v) is 4.34. The molecular weight excluding hydrogens is 282 g/mol. The van der Waals surface area contributed by atoms with Crippen LogP contribution in [-0.4, -0.2) is 25.3 Å². The van der Waals surface area contributed by atoms with E-state index in [9.17, 15) is 9.59 Å². The fraction of sp³-hybridized carbons (Fsp3) is 0.143. The third kappa shape index (κ3) is 3.19. The minimum atomic E-state index is -0.389. The molecule has 0 fully saturated rings. The van der Waals surface area contributed by atoms with Gasteiger partial charge in [0.25, 0.3) is 5.91 Å². The van der Waals surface area contributed by atoms with Crippen molar-refractivity contribution in [2.24, 2.45) is 0 Å². The molecule has 2 aromatic rings. The zero-order valence-electron chi connectivity index (χ0n) is 10.7. The molecule has 1 aromatic heterocycles. The summed E-state index contributed by atoms with van der Waals surface area (Å²) < 4.78 is 9.97.